The Kier molecular flexibility index (Phi) is 4.12. The molecular weight excluding hydrogens is 299 g/mol. The van der Waals surface area contributed by atoms with Crippen LogP contribution in [0.4, 0.5) is 13.2 Å². The van der Waals surface area contributed by atoms with Crippen molar-refractivity contribution in [2.24, 2.45) is 0 Å². The molecule has 1 N–H and O–H groups in total. The molecule has 1 aliphatic rings. The molecule has 1 atom stereocenters. The van der Waals surface area contributed by atoms with Crippen molar-refractivity contribution in [2.75, 3.05) is 18.1 Å². The molecule has 1 aromatic heterocycles. The first-order valence-corrected chi connectivity index (χ1v) is 8.00. The monoisotopic (exact) mass is 315 g/mol. The lowest BCUT2D eigenvalue weighted by Crippen LogP contribution is -2.39. The Morgan fingerprint density at radius 2 is 2.14 bits per heavy atom. The highest BCUT2D eigenvalue weighted by Crippen LogP contribution is 2.24. The number of aromatic nitrogens is 2. The van der Waals surface area contributed by atoms with Crippen molar-refractivity contribution in [3.8, 4) is 0 Å². The van der Waals surface area contributed by atoms with E-state index >= 15 is 0 Å². The third-order valence-electron chi connectivity index (χ3n) is 3.50. The number of benzene rings is 1. The lowest BCUT2D eigenvalue weighted by molar-refractivity contribution is -0.140. The highest BCUT2D eigenvalue weighted by molar-refractivity contribution is 7.99. The van der Waals surface area contributed by atoms with Crippen LogP contribution in [0.15, 0.2) is 24.3 Å². The predicted molar refractivity (Wildman–Crippen MR) is 78.6 cm³/mol. The van der Waals surface area contributed by atoms with Crippen LogP contribution in [0.1, 0.15) is 5.82 Å². The highest BCUT2D eigenvalue weighted by atomic mass is 32.2. The molecule has 2 heterocycles. The zero-order chi connectivity index (χ0) is 14.9. The van der Waals surface area contributed by atoms with Crippen LogP contribution in [-0.4, -0.2) is 39.8 Å². The van der Waals surface area contributed by atoms with E-state index in [0.717, 1.165) is 18.1 Å². The molecule has 0 amide bonds. The Labute approximate surface area is 124 Å². The maximum absolute atomic E-state index is 12.8. The molecular formula is C14H16F3N3S. The summed E-state index contributed by atoms with van der Waals surface area (Å²) in [7, 11) is 0. The Hall–Kier alpha value is -1.21. The predicted octanol–water partition coefficient (Wildman–Crippen LogP) is 2.85. The molecule has 1 saturated heterocycles. The lowest BCUT2D eigenvalue weighted by atomic mass is 10.2. The largest absolute Gasteiger partial charge is 0.406 e. The molecule has 1 aromatic carbocycles. The fourth-order valence-electron chi connectivity index (χ4n) is 2.61. The van der Waals surface area contributed by atoms with Gasteiger partial charge in [-0.25, -0.2) is 4.98 Å². The van der Waals surface area contributed by atoms with Gasteiger partial charge in [0.2, 0.25) is 0 Å². The van der Waals surface area contributed by atoms with Crippen LogP contribution in [0.2, 0.25) is 0 Å². The first-order chi connectivity index (χ1) is 10.0. The normalized spacial score (nSPS) is 20.0. The second kappa shape index (κ2) is 5.88. The summed E-state index contributed by atoms with van der Waals surface area (Å²) in [6.07, 6.45) is -3.72. The Bertz CT molecular complexity index is 617. The molecule has 0 radical (unpaired) electrons. The van der Waals surface area contributed by atoms with Gasteiger partial charge in [0.25, 0.3) is 0 Å². The maximum Gasteiger partial charge on any atom is 0.406 e. The number of alkyl halides is 3. The van der Waals surface area contributed by atoms with Crippen molar-refractivity contribution in [3.05, 3.63) is 30.1 Å². The number of hydrogen-bond donors (Lipinski definition) is 1. The lowest BCUT2D eigenvalue weighted by Gasteiger charge is -2.23. The average Bonchev–Trinajstić information content (AvgIpc) is 2.76. The van der Waals surface area contributed by atoms with E-state index in [1.807, 2.05) is 11.8 Å². The number of rotatable bonds is 3. The summed E-state index contributed by atoms with van der Waals surface area (Å²) in [6, 6.07) is 7.18. The third kappa shape index (κ3) is 3.52. The van der Waals surface area contributed by atoms with Crippen LogP contribution >= 0.6 is 11.8 Å². The molecule has 1 unspecified atom stereocenters. The smallest absolute Gasteiger partial charge is 0.319 e. The summed E-state index contributed by atoms with van der Waals surface area (Å²) in [4.78, 5) is 4.40. The van der Waals surface area contributed by atoms with Crippen molar-refractivity contribution in [1.29, 1.82) is 0 Å². The quantitative estimate of drug-likeness (QED) is 0.944. The van der Waals surface area contributed by atoms with Crippen LogP contribution in [0.5, 0.6) is 0 Å². The number of thioether (sulfide) groups is 1. The molecule has 0 spiro atoms. The van der Waals surface area contributed by atoms with Crippen LogP contribution in [-0.2, 0) is 13.0 Å². The topological polar surface area (TPSA) is 29.9 Å². The van der Waals surface area contributed by atoms with E-state index in [1.165, 1.54) is 4.57 Å². The van der Waals surface area contributed by atoms with E-state index in [0.29, 0.717) is 23.3 Å². The van der Waals surface area contributed by atoms with Gasteiger partial charge in [-0.1, -0.05) is 12.1 Å². The van der Waals surface area contributed by atoms with Crippen LogP contribution < -0.4 is 5.32 Å². The van der Waals surface area contributed by atoms with Gasteiger partial charge in [-0.15, -0.1) is 0 Å². The van der Waals surface area contributed by atoms with Crippen molar-refractivity contribution >= 4 is 22.8 Å². The van der Waals surface area contributed by atoms with Crippen molar-refractivity contribution in [3.63, 3.8) is 0 Å². The van der Waals surface area contributed by atoms with Gasteiger partial charge in [0, 0.05) is 30.5 Å². The summed E-state index contributed by atoms with van der Waals surface area (Å²) in [5, 5.41) is 3.35. The third-order valence-corrected chi connectivity index (χ3v) is 4.63. The van der Waals surface area contributed by atoms with Crippen molar-refractivity contribution in [2.45, 2.75) is 25.2 Å². The Balaban J connectivity index is 1.93. The molecule has 0 bridgehead atoms. The number of nitrogens with zero attached hydrogens (tertiary/aromatic N) is 2. The number of para-hydroxylation sites is 2. The van der Waals surface area contributed by atoms with Crippen LogP contribution in [0.3, 0.4) is 0 Å². The zero-order valence-electron chi connectivity index (χ0n) is 11.4. The molecule has 3 rings (SSSR count). The van der Waals surface area contributed by atoms with E-state index in [-0.39, 0.29) is 6.04 Å². The minimum atomic E-state index is -4.24. The van der Waals surface area contributed by atoms with Gasteiger partial charge in [-0.3, -0.25) is 0 Å². The van der Waals surface area contributed by atoms with E-state index in [1.54, 1.807) is 24.3 Å². The van der Waals surface area contributed by atoms with Crippen LogP contribution in [0.25, 0.3) is 11.0 Å². The average molecular weight is 315 g/mol. The number of nitrogens with one attached hydrogen (secondary N) is 1. The number of imidazole rings is 1. The highest BCUT2D eigenvalue weighted by Gasteiger charge is 2.30. The molecule has 1 fully saturated rings. The molecule has 7 heteroatoms. The standard InChI is InChI=1S/C14H16F3N3S/c15-14(16,17)9-20-12-4-2-1-3-11(12)19-13(20)7-10-8-21-6-5-18-10/h1-4,10,18H,5-9H2. The molecule has 21 heavy (non-hydrogen) atoms. The van der Waals surface area contributed by atoms with Crippen molar-refractivity contribution in [1.82, 2.24) is 14.9 Å². The van der Waals surface area contributed by atoms with Gasteiger partial charge >= 0.3 is 6.18 Å². The van der Waals surface area contributed by atoms with Gasteiger partial charge in [0.05, 0.1) is 11.0 Å². The Morgan fingerprint density at radius 3 is 2.86 bits per heavy atom. The molecule has 114 valence electrons. The van der Waals surface area contributed by atoms with Gasteiger partial charge in [-0.05, 0) is 12.1 Å². The fraction of sp³-hybridized carbons (Fsp3) is 0.500. The summed E-state index contributed by atoms with van der Waals surface area (Å²) >= 11 is 1.83. The molecule has 0 saturated carbocycles. The minimum absolute atomic E-state index is 0.188. The Morgan fingerprint density at radius 1 is 1.33 bits per heavy atom. The second-order valence-corrected chi connectivity index (χ2v) is 6.30. The summed E-state index contributed by atoms with van der Waals surface area (Å²) in [5.74, 6) is 2.47. The molecule has 3 nitrogen and oxygen atoms in total. The summed E-state index contributed by atoms with van der Waals surface area (Å²) < 4.78 is 39.8. The minimum Gasteiger partial charge on any atom is -0.319 e. The van der Waals surface area contributed by atoms with Crippen LogP contribution in [0, 0.1) is 0 Å². The number of fused-ring (bicyclic) bond motifs is 1. The van der Waals surface area contributed by atoms with E-state index in [2.05, 4.69) is 10.3 Å². The van der Waals surface area contributed by atoms with Gasteiger partial charge in [0.1, 0.15) is 12.4 Å². The molecule has 0 aliphatic carbocycles. The van der Waals surface area contributed by atoms with Gasteiger partial charge < -0.3 is 9.88 Å². The second-order valence-electron chi connectivity index (χ2n) is 5.15. The molecule has 2 aromatic rings. The van der Waals surface area contributed by atoms with E-state index < -0.39 is 12.7 Å². The van der Waals surface area contributed by atoms with Gasteiger partial charge in [-0.2, -0.15) is 24.9 Å². The fourth-order valence-corrected chi connectivity index (χ4v) is 3.56. The van der Waals surface area contributed by atoms with Gasteiger partial charge in [0.15, 0.2) is 0 Å². The zero-order valence-corrected chi connectivity index (χ0v) is 12.2. The number of hydrogen-bond acceptors (Lipinski definition) is 3. The number of halogens is 3. The SMILES string of the molecule is FC(F)(F)Cn1c(CC2CSCCN2)nc2ccccc21. The maximum atomic E-state index is 12.8. The first kappa shape index (κ1) is 14.7. The molecule has 1 aliphatic heterocycles. The summed E-state index contributed by atoms with van der Waals surface area (Å²) in [5.41, 5.74) is 1.17. The van der Waals surface area contributed by atoms with Crippen molar-refractivity contribution < 1.29 is 13.2 Å². The van der Waals surface area contributed by atoms with E-state index in [4.69, 9.17) is 0 Å². The first-order valence-electron chi connectivity index (χ1n) is 6.85. The van der Waals surface area contributed by atoms with E-state index in [9.17, 15) is 13.2 Å². The summed E-state index contributed by atoms with van der Waals surface area (Å²) in [6.45, 7) is -0.0858.